The standard InChI is InChI=1S/C22H29N5O/c1-2-3-13-28-22-24-20(23)19-9-12-27(21(19)25-22)16-18-8-6-7-17(14-18)15-26-10-4-5-11-26/h6-9,12,14H,2-5,10-11,13,15-16H2,1H3,(H2,23,24,25). The Kier molecular flexibility index (Phi) is 5.76. The van der Waals surface area contributed by atoms with Crippen molar-refractivity contribution in [1.29, 1.82) is 0 Å². The topological polar surface area (TPSA) is 69.2 Å². The second kappa shape index (κ2) is 8.61. The molecular formula is C22H29N5O. The van der Waals surface area contributed by atoms with Gasteiger partial charge in [-0.3, -0.25) is 4.90 Å². The minimum absolute atomic E-state index is 0.362. The highest BCUT2D eigenvalue weighted by atomic mass is 16.5. The predicted molar refractivity (Wildman–Crippen MR) is 112 cm³/mol. The lowest BCUT2D eigenvalue weighted by atomic mass is 10.1. The molecule has 1 fully saturated rings. The maximum absolute atomic E-state index is 6.13. The molecule has 1 saturated heterocycles. The smallest absolute Gasteiger partial charge is 0.320 e. The Morgan fingerprint density at radius 1 is 1.07 bits per heavy atom. The number of fused-ring (bicyclic) bond motifs is 1. The predicted octanol–water partition coefficient (Wildman–Crippen LogP) is 3.84. The molecule has 0 aliphatic carbocycles. The lowest BCUT2D eigenvalue weighted by Gasteiger charge is -2.15. The molecule has 4 rings (SSSR count). The van der Waals surface area contributed by atoms with Gasteiger partial charge < -0.3 is 15.0 Å². The molecule has 0 amide bonds. The summed E-state index contributed by atoms with van der Waals surface area (Å²) in [6, 6.07) is 11.2. The van der Waals surface area contributed by atoms with Crippen LogP contribution in [0, 0.1) is 0 Å². The first-order valence-corrected chi connectivity index (χ1v) is 10.3. The van der Waals surface area contributed by atoms with Crippen molar-refractivity contribution < 1.29 is 4.74 Å². The van der Waals surface area contributed by atoms with Gasteiger partial charge in [0.05, 0.1) is 12.0 Å². The summed E-state index contributed by atoms with van der Waals surface area (Å²) >= 11 is 0. The molecule has 1 aromatic carbocycles. The molecule has 6 heteroatoms. The van der Waals surface area contributed by atoms with Crippen molar-refractivity contribution in [3.05, 3.63) is 47.7 Å². The Bertz CT molecular complexity index is 930. The Labute approximate surface area is 166 Å². The van der Waals surface area contributed by atoms with Crippen molar-refractivity contribution in [2.75, 3.05) is 25.4 Å². The molecule has 1 aliphatic heterocycles. The van der Waals surface area contributed by atoms with Crippen LogP contribution in [0.15, 0.2) is 36.5 Å². The quantitative estimate of drug-likeness (QED) is 0.602. The van der Waals surface area contributed by atoms with Crippen LogP contribution in [0.3, 0.4) is 0 Å². The van der Waals surface area contributed by atoms with E-state index < -0.39 is 0 Å². The molecule has 2 aromatic heterocycles. The summed E-state index contributed by atoms with van der Waals surface area (Å²) < 4.78 is 7.80. The lowest BCUT2D eigenvalue weighted by molar-refractivity contribution is 0.286. The Morgan fingerprint density at radius 3 is 2.64 bits per heavy atom. The summed E-state index contributed by atoms with van der Waals surface area (Å²) in [5, 5.41) is 0.871. The molecule has 1 aliphatic rings. The first-order chi connectivity index (χ1) is 13.7. The number of nitrogens with zero attached hydrogens (tertiary/aromatic N) is 4. The van der Waals surface area contributed by atoms with Gasteiger partial charge in [0.2, 0.25) is 0 Å². The third kappa shape index (κ3) is 4.28. The number of rotatable bonds is 8. The van der Waals surface area contributed by atoms with Gasteiger partial charge in [-0.2, -0.15) is 9.97 Å². The number of aromatic nitrogens is 3. The van der Waals surface area contributed by atoms with E-state index in [-0.39, 0.29) is 0 Å². The highest BCUT2D eigenvalue weighted by Crippen LogP contribution is 2.23. The average Bonchev–Trinajstić information content (AvgIpc) is 3.33. The van der Waals surface area contributed by atoms with Crippen molar-refractivity contribution in [3.63, 3.8) is 0 Å². The molecule has 0 radical (unpaired) electrons. The Balaban J connectivity index is 1.54. The number of nitrogen functional groups attached to an aromatic ring is 1. The summed E-state index contributed by atoms with van der Waals surface area (Å²) in [6.07, 6.45) is 6.71. The van der Waals surface area contributed by atoms with Crippen molar-refractivity contribution in [1.82, 2.24) is 19.4 Å². The molecule has 0 bridgehead atoms. The molecule has 0 atom stereocenters. The van der Waals surface area contributed by atoms with Gasteiger partial charge in [-0.1, -0.05) is 37.6 Å². The molecule has 0 saturated carbocycles. The minimum atomic E-state index is 0.362. The maximum Gasteiger partial charge on any atom is 0.320 e. The number of hydrogen-bond donors (Lipinski definition) is 1. The summed E-state index contributed by atoms with van der Waals surface area (Å²) in [4.78, 5) is 11.4. The normalized spacial score (nSPS) is 14.8. The van der Waals surface area contributed by atoms with E-state index in [9.17, 15) is 0 Å². The van der Waals surface area contributed by atoms with Crippen LogP contribution in [0.5, 0.6) is 6.01 Å². The molecule has 3 aromatic rings. The molecule has 3 heterocycles. The second-order valence-electron chi connectivity index (χ2n) is 7.58. The fraction of sp³-hybridized carbons (Fsp3) is 0.455. The van der Waals surface area contributed by atoms with Crippen molar-refractivity contribution in [3.8, 4) is 6.01 Å². The van der Waals surface area contributed by atoms with Crippen LogP contribution < -0.4 is 10.5 Å². The molecular weight excluding hydrogens is 350 g/mol. The fourth-order valence-electron chi connectivity index (χ4n) is 3.79. The monoisotopic (exact) mass is 379 g/mol. The van der Waals surface area contributed by atoms with E-state index in [1.807, 2.05) is 12.3 Å². The zero-order chi connectivity index (χ0) is 19.3. The van der Waals surface area contributed by atoms with E-state index >= 15 is 0 Å². The molecule has 6 nitrogen and oxygen atoms in total. The highest BCUT2D eigenvalue weighted by molar-refractivity contribution is 5.86. The Morgan fingerprint density at radius 2 is 1.86 bits per heavy atom. The minimum Gasteiger partial charge on any atom is -0.463 e. The van der Waals surface area contributed by atoms with E-state index in [0.717, 1.165) is 37.0 Å². The van der Waals surface area contributed by atoms with Crippen molar-refractivity contribution in [2.45, 2.75) is 45.7 Å². The summed E-state index contributed by atoms with van der Waals surface area (Å²) in [7, 11) is 0. The van der Waals surface area contributed by atoms with Crippen LogP contribution in [-0.4, -0.2) is 39.1 Å². The second-order valence-corrected chi connectivity index (χ2v) is 7.58. The first-order valence-electron chi connectivity index (χ1n) is 10.3. The third-order valence-electron chi connectivity index (χ3n) is 5.31. The SMILES string of the molecule is CCCCOc1nc(N)c2ccn(Cc3cccc(CN4CCCC4)c3)c2n1. The van der Waals surface area contributed by atoms with Crippen LogP contribution >= 0.6 is 0 Å². The number of hydrogen-bond acceptors (Lipinski definition) is 5. The van der Waals surface area contributed by atoms with E-state index in [4.69, 9.17) is 10.5 Å². The number of unbranched alkanes of at least 4 members (excludes halogenated alkanes) is 1. The van der Waals surface area contributed by atoms with Crippen LogP contribution in [-0.2, 0) is 13.1 Å². The fourth-order valence-corrected chi connectivity index (χ4v) is 3.79. The number of benzene rings is 1. The Hall–Kier alpha value is -2.60. The van der Waals surface area contributed by atoms with Crippen molar-refractivity contribution in [2.24, 2.45) is 0 Å². The van der Waals surface area contributed by atoms with E-state index in [2.05, 4.69) is 50.6 Å². The number of nitrogens with two attached hydrogens (primary N) is 1. The van der Waals surface area contributed by atoms with Gasteiger partial charge >= 0.3 is 6.01 Å². The third-order valence-corrected chi connectivity index (χ3v) is 5.31. The van der Waals surface area contributed by atoms with E-state index in [0.29, 0.717) is 18.4 Å². The molecule has 148 valence electrons. The lowest BCUT2D eigenvalue weighted by Crippen LogP contribution is -2.18. The zero-order valence-corrected chi connectivity index (χ0v) is 16.6. The van der Waals surface area contributed by atoms with Gasteiger partial charge in [-0.15, -0.1) is 0 Å². The van der Waals surface area contributed by atoms with Gasteiger partial charge in [0.1, 0.15) is 11.5 Å². The van der Waals surface area contributed by atoms with Crippen LogP contribution in [0.1, 0.15) is 43.7 Å². The summed E-state index contributed by atoms with van der Waals surface area (Å²) in [6.45, 7) is 6.95. The van der Waals surface area contributed by atoms with Crippen LogP contribution in [0.2, 0.25) is 0 Å². The van der Waals surface area contributed by atoms with Gasteiger partial charge in [-0.05, 0) is 49.5 Å². The molecule has 0 spiro atoms. The number of anilines is 1. The summed E-state index contributed by atoms with van der Waals surface area (Å²) in [5.41, 5.74) is 9.59. The van der Waals surface area contributed by atoms with E-state index in [1.54, 1.807) is 0 Å². The molecule has 0 unspecified atom stereocenters. The van der Waals surface area contributed by atoms with Crippen LogP contribution in [0.25, 0.3) is 11.0 Å². The first kappa shape index (κ1) is 18.7. The molecule has 28 heavy (non-hydrogen) atoms. The van der Waals surface area contributed by atoms with Crippen molar-refractivity contribution >= 4 is 16.9 Å². The number of ether oxygens (including phenoxy) is 1. The highest BCUT2D eigenvalue weighted by Gasteiger charge is 2.13. The largest absolute Gasteiger partial charge is 0.463 e. The van der Waals surface area contributed by atoms with Gasteiger partial charge in [0.25, 0.3) is 0 Å². The zero-order valence-electron chi connectivity index (χ0n) is 16.6. The van der Waals surface area contributed by atoms with Gasteiger partial charge in [0.15, 0.2) is 0 Å². The number of likely N-dealkylation sites (tertiary alicyclic amines) is 1. The average molecular weight is 380 g/mol. The molecule has 2 N–H and O–H groups in total. The van der Waals surface area contributed by atoms with Crippen LogP contribution in [0.4, 0.5) is 5.82 Å². The van der Waals surface area contributed by atoms with E-state index in [1.165, 1.54) is 37.1 Å². The van der Waals surface area contributed by atoms with Gasteiger partial charge in [-0.25, -0.2) is 0 Å². The van der Waals surface area contributed by atoms with Gasteiger partial charge in [0, 0.05) is 19.3 Å². The summed E-state index contributed by atoms with van der Waals surface area (Å²) in [5.74, 6) is 0.470. The maximum atomic E-state index is 6.13.